The van der Waals surface area contributed by atoms with Crippen LogP contribution in [0, 0.1) is 24.0 Å². The van der Waals surface area contributed by atoms with Gasteiger partial charge in [-0.2, -0.15) is 5.10 Å². The highest BCUT2D eigenvalue weighted by Gasteiger charge is 2.22. The molecule has 3 heterocycles. The van der Waals surface area contributed by atoms with Crippen molar-refractivity contribution in [3.63, 3.8) is 0 Å². The van der Waals surface area contributed by atoms with Gasteiger partial charge in [0.05, 0.1) is 17.4 Å². The van der Waals surface area contributed by atoms with E-state index in [1.807, 2.05) is 41.9 Å². The normalized spacial score (nSPS) is 14.9. The monoisotopic (exact) mass is 435 g/mol. The molecular formula is C23H25N5O4. The van der Waals surface area contributed by atoms with Crippen LogP contribution in [0.1, 0.15) is 22.7 Å². The van der Waals surface area contributed by atoms with Gasteiger partial charge in [0.2, 0.25) is 5.91 Å². The molecule has 2 aromatic heterocycles. The fourth-order valence-corrected chi connectivity index (χ4v) is 3.86. The average molecular weight is 435 g/mol. The summed E-state index contributed by atoms with van der Waals surface area (Å²) in [6, 6.07) is 12.8. The Labute approximate surface area is 185 Å². The summed E-state index contributed by atoms with van der Waals surface area (Å²) in [5.74, 6) is -0.190. The summed E-state index contributed by atoms with van der Waals surface area (Å²) in [4.78, 5) is 26.7. The number of hydrogen-bond donors (Lipinski definition) is 0. The number of carbonyl (C=O) groups is 1. The summed E-state index contributed by atoms with van der Waals surface area (Å²) in [6.07, 6.45) is 2.86. The molecule has 0 saturated carbocycles. The van der Waals surface area contributed by atoms with Crippen LogP contribution in [-0.2, 0) is 11.3 Å². The summed E-state index contributed by atoms with van der Waals surface area (Å²) in [7, 11) is 0. The van der Waals surface area contributed by atoms with E-state index in [2.05, 4.69) is 11.8 Å². The maximum absolute atomic E-state index is 12.5. The van der Waals surface area contributed by atoms with Crippen molar-refractivity contribution in [1.82, 2.24) is 19.6 Å². The van der Waals surface area contributed by atoms with Gasteiger partial charge < -0.3 is 9.32 Å². The van der Waals surface area contributed by atoms with Gasteiger partial charge in [-0.15, -0.1) is 0 Å². The van der Waals surface area contributed by atoms with Crippen LogP contribution in [0.25, 0.3) is 11.8 Å². The van der Waals surface area contributed by atoms with E-state index in [9.17, 15) is 14.9 Å². The molecule has 9 nitrogen and oxygen atoms in total. The van der Waals surface area contributed by atoms with Gasteiger partial charge >= 0.3 is 5.88 Å². The Kier molecular flexibility index (Phi) is 6.18. The predicted molar refractivity (Wildman–Crippen MR) is 119 cm³/mol. The Morgan fingerprint density at radius 1 is 1.12 bits per heavy atom. The number of piperazine rings is 1. The molecular weight excluding hydrogens is 410 g/mol. The topological polar surface area (TPSA) is 97.7 Å². The van der Waals surface area contributed by atoms with Crippen molar-refractivity contribution in [3.05, 3.63) is 81.4 Å². The number of aromatic nitrogens is 2. The molecule has 0 aliphatic carbocycles. The molecule has 1 aliphatic heterocycles. The minimum absolute atomic E-state index is 0.132. The largest absolute Gasteiger partial charge is 0.433 e. The number of furan rings is 1. The second-order valence-electron chi connectivity index (χ2n) is 7.76. The zero-order valence-corrected chi connectivity index (χ0v) is 18.1. The third-order valence-corrected chi connectivity index (χ3v) is 5.69. The number of nitrogens with zero attached hydrogens (tertiary/aromatic N) is 5. The Morgan fingerprint density at radius 3 is 2.50 bits per heavy atom. The summed E-state index contributed by atoms with van der Waals surface area (Å²) in [5.41, 5.74) is 4.40. The summed E-state index contributed by atoms with van der Waals surface area (Å²) >= 11 is 0. The molecule has 0 unspecified atom stereocenters. The molecule has 1 aromatic carbocycles. The highest BCUT2D eigenvalue weighted by atomic mass is 16.6. The number of para-hydroxylation sites is 1. The molecule has 0 N–H and O–H groups in total. The molecule has 9 heteroatoms. The van der Waals surface area contributed by atoms with E-state index in [0.29, 0.717) is 13.1 Å². The Balaban J connectivity index is 1.34. The zero-order valence-electron chi connectivity index (χ0n) is 18.1. The maximum Gasteiger partial charge on any atom is 0.433 e. The highest BCUT2D eigenvalue weighted by molar-refractivity contribution is 5.91. The highest BCUT2D eigenvalue weighted by Crippen LogP contribution is 2.21. The van der Waals surface area contributed by atoms with Crippen LogP contribution >= 0.6 is 0 Å². The SMILES string of the molecule is Cc1nn(-c2ccccc2)c(C)c1CN1CCN(C(=O)/C=C/c2ccc([N+](=O)[O-])o2)CC1. The van der Waals surface area contributed by atoms with Gasteiger partial charge in [-0.3, -0.25) is 19.8 Å². The first kappa shape index (κ1) is 21.5. The number of carbonyl (C=O) groups excluding carboxylic acids is 1. The molecule has 0 spiro atoms. The first-order chi connectivity index (χ1) is 15.4. The van der Waals surface area contributed by atoms with Crippen LogP contribution in [0.15, 0.2) is 53.0 Å². The van der Waals surface area contributed by atoms with Gasteiger partial charge in [0.1, 0.15) is 10.7 Å². The fourth-order valence-electron chi connectivity index (χ4n) is 3.86. The quantitative estimate of drug-likeness (QED) is 0.335. The second kappa shape index (κ2) is 9.19. The lowest BCUT2D eigenvalue weighted by atomic mass is 10.1. The molecule has 0 radical (unpaired) electrons. The van der Waals surface area contributed by atoms with Crippen molar-refractivity contribution < 1.29 is 14.1 Å². The maximum atomic E-state index is 12.5. The van der Waals surface area contributed by atoms with Crippen LogP contribution in [0.2, 0.25) is 0 Å². The van der Waals surface area contributed by atoms with Gasteiger partial charge in [-0.1, -0.05) is 18.2 Å². The Morgan fingerprint density at radius 2 is 1.84 bits per heavy atom. The number of hydrogen-bond acceptors (Lipinski definition) is 6. The molecule has 4 rings (SSSR count). The van der Waals surface area contributed by atoms with Crippen LogP contribution in [0.4, 0.5) is 5.88 Å². The van der Waals surface area contributed by atoms with E-state index in [1.165, 1.54) is 29.8 Å². The molecule has 3 aromatic rings. The second-order valence-corrected chi connectivity index (χ2v) is 7.76. The predicted octanol–water partition coefficient (Wildman–Crippen LogP) is 3.35. The average Bonchev–Trinajstić information content (AvgIpc) is 3.39. The minimum Gasteiger partial charge on any atom is -0.401 e. The van der Waals surface area contributed by atoms with Crippen molar-refractivity contribution >= 4 is 17.9 Å². The van der Waals surface area contributed by atoms with Crippen molar-refractivity contribution in [3.8, 4) is 5.69 Å². The van der Waals surface area contributed by atoms with Crippen molar-refractivity contribution in [2.24, 2.45) is 0 Å². The standard InChI is InChI=1S/C23H25N5O4/c1-17-21(18(2)27(24-17)19-6-4-3-5-7-19)16-25-12-14-26(15-13-25)22(29)10-8-20-9-11-23(32-20)28(30)31/h3-11H,12-16H2,1-2H3/b10-8+. The lowest BCUT2D eigenvalue weighted by Crippen LogP contribution is -2.47. The minimum atomic E-state index is -0.606. The fraction of sp³-hybridized carbons (Fsp3) is 0.304. The van der Waals surface area contributed by atoms with Crippen LogP contribution < -0.4 is 0 Å². The number of rotatable bonds is 6. The van der Waals surface area contributed by atoms with Crippen LogP contribution in [0.5, 0.6) is 0 Å². The smallest absolute Gasteiger partial charge is 0.401 e. The van der Waals surface area contributed by atoms with E-state index in [4.69, 9.17) is 9.52 Å². The number of nitro groups is 1. The van der Waals surface area contributed by atoms with Crippen molar-refractivity contribution in [1.29, 1.82) is 0 Å². The molecule has 1 aliphatic rings. The summed E-state index contributed by atoms with van der Waals surface area (Å²) in [5, 5.41) is 15.4. The van der Waals surface area contributed by atoms with E-state index >= 15 is 0 Å². The number of benzene rings is 1. The molecule has 32 heavy (non-hydrogen) atoms. The molecule has 1 amide bonds. The van der Waals surface area contributed by atoms with Crippen LogP contribution in [0.3, 0.4) is 0 Å². The Hall–Kier alpha value is -3.72. The van der Waals surface area contributed by atoms with Gasteiger partial charge in [-0.05, 0) is 38.1 Å². The zero-order chi connectivity index (χ0) is 22.7. The number of amides is 1. The van der Waals surface area contributed by atoms with Crippen molar-refractivity contribution in [2.45, 2.75) is 20.4 Å². The van der Waals surface area contributed by atoms with Gasteiger partial charge in [0.25, 0.3) is 0 Å². The lowest BCUT2D eigenvalue weighted by Gasteiger charge is -2.34. The van der Waals surface area contributed by atoms with E-state index < -0.39 is 4.92 Å². The van der Waals surface area contributed by atoms with Crippen molar-refractivity contribution in [2.75, 3.05) is 26.2 Å². The third-order valence-electron chi connectivity index (χ3n) is 5.69. The van der Waals surface area contributed by atoms with Gasteiger partial charge in [0, 0.05) is 50.1 Å². The molecule has 1 saturated heterocycles. The van der Waals surface area contributed by atoms with E-state index in [0.717, 1.165) is 36.7 Å². The first-order valence-electron chi connectivity index (χ1n) is 10.5. The molecule has 0 atom stereocenters. The molecule has 166 valence electrons. The third kappa shape index (κ3) is 4.62. The molecule has 0 bridgehead atoms. The Bertz CT molecular complexity index is 1140. The lowest BCUT2D eigenvalue weighted by molar-refractivity contribution is -0.402. The van der Waals surface area contributed by atoms with Gasteiger partial charge in [-0.25, -0.2) is 4.68 Å². The van der Waals surface area contributed by atoms with E-state index in [-0.39, 0.29) is 17.6 Å². The summed E-state index contributed by atoms with van der Waals surface area (Å²) in [6.45, 7) is 7.68. The van der Waals surface area contributed by atoms with E-state index in [1.54, 1.807) is 4.90 Å². The van der Waals surface area contributed by atoms with Crippen LogP contribution in [-0.4, -0.2) is 56.6 Å². The first-order valence-corrected chi connectivity index (χ1v) is 10.5. The molecule has 1 fully saturated rings. The number of aryl methyl sites for hydroxylation is 1. The van der Waals surface area contributed by atoms with Gasteiger partial charge in [0.15, 0.2) is 0 Å². The summed E-state index contributed by atoms with van der Waals surface area (Å²) < 4.78 is 7.03.